The van der Waals surface area contributed by atoms with Gasteiger partial charge in [-0.1, -0.05) is 55.1 Å². The first-order valence-corrected chi connectivity index (χ1v) is 4.24. The molecule has 0 radical (unpaired) electrons. The van der Waals surface area contributed by atoms with E-state index in [-0.39, 0.29) is 0 Å². The van der Waals surface area contributed by atoms with Crippen LogP contribution in [-0.4, -0.2) is 0 Å². The molecule has 4 heteroatoms. The van der Waals surface area contributed by atoms with Crippen molar-refractivity contribution < 1.29 is 0 Å². The molecule has 0 aromatic rings. The van der Waals surface area contributed by atoms with Crippen LogP contribution in [0.5, 0.6) is 0 Å². The summed E-state index contributed by atoms with van der Waals surface area (Å²) in [5.74, 6) is 0. The monoisotopic (exact) mass is 280 g/mol. The first-order valence-electron chi connectivity index (χ1n) is 1.54. The molecule has 0 fully saturated rings. The van der Waals surface area contributed by atoms with Crippen LogP contribution < -0.4 is 0 Å². The molecule has 0 saturated carbocycles. The second-order valence-corrected chi connectivity index (χ2v) is 2.07. The fourth-order valence-electron chi connectivity index (χ4n) is 0. The number of hydrogen-bond donors (Lipinski definition) is 0. The van der Waals surface area contributed by atoms with Gasteiger partial charge in [-0.3, -0.25) is 0 Å². The predicted octanol–water partition coefficient (Wildman–Crippen LogP) is 4.18. The first-order chi connectivity index (χ1) is 3.83. The molecule has 0 nitrogen and oxygen atoms in total. The van der Waals surface area contributed by atoms with Crippen molar-refractivity contribution in [3.8, 4) is 0 Å². The van der Waals surface area contributed by atoms with Crippen molar-refractivity contribution in [3.63, 3.8) is 0 Å². The van der Waals surface area contributed by atoms with Crippen molar-refractivity contribution >= 4 is 55.1 Å². The van der Waals surface area contributed by atoms with Crippen LogP contribution in [0.15, 0.2) is 21.0 Å². The van der Waals surface area contributed by atoms with Gasteiger partial charge in [0.15, 0.2) is 0 Å². The Hall–Kier alpha value is 1.02. The Labute approximate surface area is 75.8 Å². The molecule has 0 saturated heterocycles. The van der Waals surface area contributed by atoms with Crippen molar-refractivity contribution in [2.75, 3.05) is 0 Å². The molecular weight excluding hydrogens is 279 g/mol. The van der Waals surface area contributed by atoms with E-state index in [0.717, 1.165) is 0 Å². The zero-order chi connectivity index (χ0) is 6.83. The lowest BCUT2D eigenvalue weighted by molar-refractivity contribution is 2.51. The van der Waals surface area contributed by atoms with Crippen LogP contribution in [0.4, 0.5) is 0 Å². The van der Waals surface area contributed by atoms with Gasteiger partial charge in [0.25, 0.3) is 0 Å². The Balaban J connectivity index is 0. The highest BCUT2D eigenvalue weighted by Crippen LogP contribution is 1.86. The number of halogens is 4. The minimum absolute atomic E-state index is 1.24. The molecule has 0 aliphatic rings. The van der Waals surface area contributed by atoms with E-state index in [1.165, 1.54) is 11.1 Å². The third kappa shape index (κ3) is 27.9. The van der Waals surface area contributed by atoms with Gasteiger partial charge in [-0.25, -0.2) is 0 Å². The zero-order valence-corrected chi connectivity index (χ0v) is 8.51. The average Bonchev–Trinajstić information content (AvgIpc) is 1.88. The van der Waals surface area contributed by atoms with Gasteiger partial charge in [-0.05, 0) is 9.97 Å². The van der Waals surface area contributed by atoms with Crippen molar-refractivity contribution in [1.82, 2.24) is 0 Å². The maximum atomic E-state index is 4.87. The molecule has 0 atom stereocenters. The van der Waals surface area contributed by atoms with E-state index in [2.05, 4.69) is 31.9 Å². The predicted molar refractivity (Wildman–Crippen MR) is 47.8 cm³/mol. The van der Waals surface area contributed by atoms with Crippen LogP contribution in [0.25, 0.3) is 0 Å². The molecule has 0 bridgehead atoms. The molecule has 0 aliphatic carbocycles. The summed E-state index contributed by atoms with van der Waals surface area (Å²) in [7, 11) is 0. The third-order valence-electron chi connectivity index (χ3n) is 0.0952. The van der Waals surface area contributed by atoms with E-state index in [1.54, 1.807) is 9.97 Å². The molecule has 48 valence electrons. The van der Waals surface area contributed by atoms with Gasteiger partial charge in [-0.2, -0.15) is 0 Å². The lowest BCUT2D eigenvalue weighted by atomic mass is 11.3. The van der Waals surface area contributed by atoms with Gasteiger partial charge in [0.1, 0.15) is 0 Å². The van der Waals surface area contributed by atoms with E-state index in [0.29, 0.717) is 0 Å². The third-order valence-corrected chi connectivity index (χ3v) is 1.71. The van der Waals surface area contributed by atoms with E-state index >= 15 is 0 Å². The molecule has 0 spiro atoms. The normalized spacial score (nSPS) is 9.50. The van der Waals surface area contributed by atoms with Gasteiger partial charge >= 0.3 is 0 Å². The van der Waals surface area contributed by atoms with Crippen LogP contribution in [0.1, 0.15) is 0 Å². The summed E-state index contributed by atoms with van der Waals surface area (Å²) in [6, 6.07) is 0. The summed E-state index contributed by atoms with van der Waals surface area (Å²) in [6.07, 6.45) is 0. The molecule has 0 aromatic carbocycles. The first kappa shape index (κ1) is 11.8. The van der Waals surface area contributed by atoms with Gasteiger partial charge in [-0.15, -0.1) is 0 Å². The Morgan fingerprint density at radius 1 is 0.875 bits per heavy atom. The van der Waals surface area contributed by atoms with Gasteiger partial charge in [0, 0.05) is 11.1 Å². The summed E-state index contributed by atoms with van der Waals surface area (Å²) >= 11 is 15.8. The smallest absolute Gasteiger partial charge is 0.0156 e. The van der Waals surface area contributed by atoms with E-state index < -0.39 is 0 Å². The van der Waals surface area contributed by atoms with Crippen molar-refractivity contribution in [2.24, 2.45) is 0 Å². The minimum atomic E-state index is 1.24. The molecule has 0 N–H and O–H groups in total. The highest BCUT2D eigenvalue weighted by atomic mass is 79.9. The van der Waals surface area contributed by atoms with Gasteiger partial charge in [0.05, 0.1) is 0 Å². The molecule has 0 amide bonds. The van der Waals surface area contributed by atoms with Crippen LogP contribution in [0.2, 0.25) is 0 Å². The largest absolute Gasteiger partial charge is 0.0920 e. The summed E-state index contributed by atoms with van der Waals surface area (Å²) in [5, 5.41) is 0. The molecule has 0 aliphatic heterocycles. The van der Waals surface area contributed by atoms with Crippen LogP contribution in [-0.2, 0) is 0 Å². The summed E-state index contributed by atoms with van der Waals surface area (Å²) in [4.78, 5) is 3.46. The Morgan fingerprint density at radius 3 is 1.12 bits per heavy atom. The topological polar surface area (TPSA) is 0 Å². The number of hydrogen-bond acceptors (Lipinski definition) is 0. The van der Waals surface area contributed by atoms with Gasteiger partial charge < -0.3 is 0 Å². The summed E-state index contributed by atoms with van der Waals surface area (Å²) < 4.78 is 0. The van der Waals surface area contributed by atoms with Crippen molar-refractivity contribution in [1.29, 1.82) is 0 Å². The molecule has 0 heterocycles. The fraction of sp³-hybridized carbons (Fsp3) is 0. The Kier molecular flexibility index (Phi) is 23.1. The van der Waals surface area contributed by atoms with Crippen LogP contribution in [0.3, 0.4) is 0 Å². The lowest BCUT2D eigenvalue weighted by Gasteiger charge is -1.44. The van der Waals surface area contributed by atoms with Crippen molar-refractivity contribution in [2.45, 2.75) is 0 Å². The SMILES string of the molecule is Br/C=C/Br.Cl/C=C/Cl. The van der Waals surface area contributed by atoms with Crippen molar-refractivity contribution in [3.05, 3.63) is 21.0 Å². The number of rotatable bonds is 0. The Morgan fingerprint density at radius 2 is 1.12 bits per heavy atom. The van der Waals surface area contributed by atoms with E-state index in [4.69, 9.17) is 23.2 Å². The lowest BCUT2D eigenvalue weighted by Crippen LogP contribution is -1.11. The van der Waals surface area contributed by atoms with Gasteiger partial charge in [0.2, 0.25) is 0 Å². The molecule has 8 heavy (non-hydrogen) atoms. The highest BCUT2D eigenvalue weighted by molar-refractivity contribution is 9.13. The second-order valence-electron chi connectivity index (χ2n) is 0.504. The second kappa shape index (κ2) is 15.7. The highest BCUT2D eigenvalue weighted by Gasteiger charge is 1.40. The van der Waals surface area contributed by atoms with Crippen LogP contribution in [0, 0.1) is 0 Å². The summed E-state index contributed by atoms with van der Waals surface area (Å²) in [6.45, 7) is 0. The van der Waals surface area contributed by atoms with E-state index in [1.807, 2.05) is 0 Å². The maximum Gasteiger partial charge on any atom is 0.0156 e. The standard InChI is InChI=1S/C2H2Br2.C2H2Cl2/c2*3-1-2-4/h2*1-2H/b2*2-1+. The molecule has 0 rings (SSSR count). The fourth-order valence-corrected chi connectivity index (χ4v) is 0. The maximum absolute atomic E-state index is 4.87. The molecule has 0 aromatic heterocycles. The molecule has 0 unspecified atom stereocenters. The van der Waals surface area contributed by atoms with E-state index in [9.17, 15) is 0 Å². The van der Waals surface area contributed by atoms with Crippen LogP contribution >= 0.6 is 55.1 Å². The minimum Gasteiger partial charge on any atom is -0.0920 e. The Bertz CT molecular complexity index is 52.4. The zero-order valence-electron chi connectivity index (χ0n) is 3.82. The summed E-state index contributed by atoms with van der Waals surface area (Å²) in [5.41, 5.74) is 2.48. The molecular formula is C4H4Br2Cl2. The average molecular weight is 283 g/mol. The quantitative estimate of drug-likeness (QED) is 0.625.